The van der Waals surface area contributed by atoms with Crippen LogP contribution in [0.2, 0.25) is 0 Å². The Morgan fingerprint density at radius 1 is 1.33 bits per heavy atom. The molecule has 21 heavy (non-hydrogen) atoms. The Hall–Kier alpha value is -1.51. The fourth-order valence-corrected chi connectivity index (χ4v) is 3.18. The highest BCUT2D eigenvalue weighted by Crippen LogP contribution is 2.35. The van der Waals surface area contributed by atoms with E-state index in [1.54, 1.807) is 0 Å². The molecule has 1 atom stereocenters. The first-order chi connectivity index (χ1) is 10.0. The maximum absolute atomic E-state index is 12.6. The number of amides is 1. The summed E-state index contributed by atoms with van der Waals surface area (Å²) in [5.74, 6) is 0.0527. The number of rotatable bonds is 5. The van der Waals surface area contributed by atoms with Gasteiger partial charge >= 0.3 is 0 Å². The average molecular weight is 288 g/mol. The summed E-state index contributed by atoms with van der Waals surface area (Å²) < 4.78 is 0. The lowest BCUT2D eigenvalue weighted by molar-refractivity contribution is 0.0903. The third kappa shape index (κ3) is 4.48. The number of nitrogens with one attached hydrogen (secondary N) is 2. The summed E-state index contributed by atoms with van der Waals surface area (Å²) in [6.45, 7) is 7.60. The smallest absolute Gasteiger partial charge is 0.253 e. The molecule has 0 spiro atoms. The van der Waals surface area contributed by atoms with Crippen molar-refractivity contribution in [2.24, 2.45) is 5.41 Å². The molecule has 0 heterocycles. The molecule has 1 unspecified atom stereocenters. The quantitative estimate of drug-likeness (QED) is 0.852. The minimum Gasteiger partial charge on any atom is -0.384 e. The predicted octanol–water partition coefficient (Wildman–Crippen LogP) is 4.21. The van der Waals surface area contributed by atoms with Crippen molar-refractivity contribution >= 4 is 11.6 Å². The van der Waals surface area contributed by atoms with E-state index >= 15 is 0 Å². The van der Waals surface area contributed by atoms with Gasteiger partial charge < -0.3 is 10.6 Å². The minimum absolute atomic E-state index is 0.0527. The molecule has 0 radical (unpaired) electrons. The maximum atomic E-state index is 12.6. The van der Waals surface area contributed by atoms with Crippen molar-refractivity contribution in [3.05, 3.63) is 29.8 Å². The molecule has 0 aliphatic heterocycles. The Bertz CT molecular complexity index is 482. The van der Waals surface area contributed by atoms with Crippen molar-refractivity contribution < 1.29 is 4.79 Å². The highest BCUT2D eigenvalue weighted by molar-refractivity contribution is 5.99. The molecule has 3 heteroatoms. The SMILES string of the molecule is CCCNc1ccccc1C(=O)NC1CCCC(C)(C)C1. The molecule has 1 saturated carbocycles. The molecule has 1 aromatic carbocycles. The van der Waals surface area contributed by atoms with Crippen LogP contribution < -0.4 is 10.6 Å². The molecule has 2 N–H and O–H groups in total. The first-order valence-corrected chi connectivity index (χ1v) is 8.15. The van der Waals surface area contributed by atoms with Crippen molar-refractivity contribution in [1.29, 1.82) is 0 Å². The molecular formula is C18H28N2O. The number of anilines is 1. The second-order valence-corrected chi connectivity index (χ2v) is 6.90. The molecule has 1 amide bonds. The molecule has 2 rings (SSSR count). The fraction of sp³-hybridized carbons (Fsp3) is 0.611. The van der Waals surface area contributed by atoms with Crippen LogP contribution in [0.1, 0.15) is 63.2 Å². The van der Waals surface area contributed by atoms with Crippen LogP contribution in [-0.4, -0.2) is 18.5 Å². The molecule has 0 saturated heterocycles. The average Bonchev–Trinajstić information content (AvgIpc) is 2.44. The lowest BCUT2D eigenvalue weighted by Gasteiger charge is -2.35. The van der Waals surface area contributed by atoms with Gasteiger partial charge in [-0.1, -0.05) is 39.3 Å². The summed E-state index contributed by atoms with van der Waals surface area (Å²) in [4.78, 5) is 12.6. The van der Waals surface area contributed by atoms with Gasteiger partial charge in [0.2, 0.25) is 0 Å². The number of hydrogen-bond donors (Lipinski definition) is 2. The number of benzene rings is 1. The Morgan fingerprint density at radius 3 is 2.81 bits per heavy atom. The Balaban J connectivity index is 2.03. The van der Waals surface area contributed by atoms with Gasteiger partial charge in [0.1, 0.15) is 0 Å². The summed E-state index contributed by atoms with van der Waals surface area (Å²) in [6.07, 6.45) is 5.68. The fourth-order valence-electron chi connectivity index (χ4n) is 3.18. The Labute approximate surface area is 128 Å². The summed E-state index contributed by atoms with van der Waals surface area (Å²) in [5.41, 5.74) is 2.04. The van der Waals surface area contributed by atoms with E-state index in [0.29, 0.717) is 11.5 Å². The topological polar surface area (TPSA) is 41.1 Å². The van der Waals surface area contributed by atoms with E-state index < -0.39 is 0 Å². The number of carbonyl (C=O) groups is 1. The molecule has 116 valence electrons. The summed E-state index contributed by atoms with van der Waals surface area (Å²) in [6, 6.07) is 8.09. The zero-order valence-electron chi connectivity index (χ0n) is 13.5. The molecule has 1 aromatic rings. The first-order valence-electron chi connectivity index (χ1n) is 8.15. The van der Waals surface area contributed by atoms with E-state index in [1.807, 2.05) is 24.3 Å². The summed E-state index contributed by atoms with van der Waals surface area (Å²) >= 11 is 0. The van der Waals surface area contributed by atoms with Crippen LogP contribution in [0.25, 0.3) is 0 Å². The van der Waals surface area contributed by atoms with Crippen LogP contribution in [0.5, 0.6) is 0 Å². The van der Waals surface area contributed by atoms with Crippen molar-refractivity contribution in [3.8, 4) is 0 Å². The van der Waals surface area contributed by atoms with Gasteiger partial charge in [0.25, 0.3) is 5.91 Å². The van der Waals surface area contributed by atoms with E-state index in [0.717, 1.165) is 37.1 Å². The third-order valence-electron chi connectivity index (χ3n) is 4.28. The third-order valence-corrected chi connectivity index (χ3v) is 4.28. The van der Waals surface area contributed by atoms with Gasteiger partial charge in [-0.15, -0.1) is 0 Å². The Kier molecular flexibility index (Phi) is 5.27. The van der Waals surface area contributed by atoms with Gasteiger partial charge in [0.05, 0.1) is 5.56 Å². The summed E-state index contributed by atoms with van der Waals surface area (Å²) in [5, 5.41) is 6.57. The van der Waals surface area contributed by atoms with Gasteiger partial charge in [0.15, 0.2) is 0 Å². The molecule has 1 aliphatic rings. The molecule has 3 nitrogen and oxygen atoms in total. The van der Waals surface area contributed by atoms with Crippen molar-refractivity contribution in [1.82, 2.24) is 5.32 Å². The molecule has 1 aliphatic carbocycles. The monoisotopic (exact) mass is 288 g/mol. The zero-order valence-corrected chi connectivity index (χ0v) is 13.5. The van der Waals surface area contributed by atoms with Crippen LogP contribution in [0.3, 0.4) is 0 Å². The molecule has 0 bridgehead atoms. The van der Waals surface area contributed by atoms with Crippen LogP contribution >= 0.6 is 0 Å². The van der Waals surface area contributed by atoms with Crippen molar-refractivity contribution in [2.45, 2.75) is 58.9 Å². The van der Waals surface area contributed by atoms with E-state index in [2.05, 4.69) is 31.4 Å². The normalized spacial score (nSPS) is 20.8. The van der Waals surface area contributed by atoms with Gasteiger partial charge in [-0.2, -0.15) is 0 Å². The maximum Gasteiger partial charge on any atom is 0.253 e. The van der Waals surface area contributed by atoms with E-state index in [9.17, 15) is 4.79 Å². The highest BCUT2D eigenvalue weighted by Gasteiger charge is 2.29. The van der Waals surface area contributed by atoms with Crippen LogP contribution in [0.4, 0.5) is 5.69 Å². The first kappa shape index (κ1) is 15.9. The number of hydrogen-bond acceptors (Lipinski definition) is 2. The van der Waals surface area contributed by atoms with E-state index in [1.165, 1.54) is 12.8 Å². The molecule has 1 fully saturated rings. The standard InChI is InChI=1S/C18H28N2O/c1-4-12-19-16-10-6-5-9-15(16)17(21)20-14-8-7-11-18(2,3)13-14/h5-6,9-10,14,19H,4,7-8,11-13H2,1-3H3,(H,20,21). The van der Waals surface area contributed by atoms with Crippen LogP contribution in [0.15, 0.2) is 24.3 Å². The van der Waals surface area contributed by atoms with Gasteiger partial charge in [0, 0.05) is 18.3 Å². The van der Waals surface area contributed by atoms with Gasteiger partial charge in [-0.05, 0) is 43.2 Å². The van der Waals surface area contributed by atoms with E-state index in [4.69, 9.17) is 0 Å². The second-order valence-electron chi connectivity index (χ2n) is 6.90. The van der Waals surface area contributed by atoms with Crippen LogP contribution in [0, 0.1) is 5.41 Å². The number of para-hydroxylation sites is 1. The highest BCUT2D eigenvalue weighted by atomic mass is 16.1. The van der Waals surface area contributed by atoms with Gasteiger partial charge in [-0.25, -0.2) is 0 Å². The van der Waals surface area contributed by atoms with Gasteiger partial charge in [-0.3, -0.25) is 4.79 Å². The predicted molar refractivity (Wildman–Crippen MR) is 88.7 cm³/mol. The summed E-state index contributed by atoms with van der Waals surface area (Å²) in [7, 11) is 0. The minimum atomic E-state index is 0.0527. The lowest BCUT2D eigenvalue weighted by Crippen LogP contribution is -2.40. The van der Waals surface area contributed by atoms with Crippen LogP contribution in [-0.2, 0) is 0 Å². The molecular weight excluding hydrogens is 260 g/mol. The second kappa shape index (κ2) is 6.97. The van der Waals surface area contributed by atoms with E-state index in [-0.39, 0.29) is 5.91 Å². The van der Waals surface area contributed by atoms with Crippen molar-refractivity contribution in [2.75, 3.05) is 11.9 Å². The lowest BCUT2D eigenvalue weighted by atomic mass is 9.75. The number of carbonyl (C=O) groups excluding carboxylic acids is 1. The molecule has 0 aromatic heterocycles. The largest absolute Gasteiger partial charge is 0.384 e. The van der Waals surface area contributed by atoms with Crippen molar-refractivity contribution in [3.63, 3.8) is 0 Å². The zero-order chi connectivity index (χ0) is 15.3. The Morgan fingerprint density at radius 2 is 2.10 bits per heavy atom.